The fraction of sp³-hybridized carbons (Fsp3) is 0.381. The maximum atomic E-state index is 12.3. The molecule has 2 aliphatic heterocycles. The van der Waals surface area contributed by atoms with Crippen molar-refractivity contribution in [1.82, 2.24) is 5.32 Å². The van der Waals surface area contributed by atoms with Crippen LogP contribution in [-0.2, 0) is 0 Å². The van der Waals surface area contributed by atoms with Gasteiger partial charge in [-0.05, 0) is 49.2 Å². The molecule has 26 heavy (non-hydrogen) atoms. The molecule has 0 bridgehead atoms. The highest BCUT2D eigenvalue weighted by molar-refractivity contribution is 5.94. The molecule has 2 aliphatic rings. The number of amides is 1. The molecule has 136 valence electrons. The van der Waals surface area contributed by atoms with Crippen LogP contribution < -0.4 is 19.7 Å². The fourth-order valence-electron chi connectivity index (χ4n) is 3.45. The molecule has 0 aliphatic carbocycles. The number of nitrogens with zero attached hydrogens (tertiary/aromatic N) is 1. The van der Waals surface area contributed by atoms with Crippen LogP contribution in [0.4, 0.5) is 5.69 Å². The van der Waals surface area contributed by atoms with Gasteiger partial charge in [-0.3, -0.25) is 4.79 Å². The normalized spacial score (nSPS) is 18.6. The van der Waals surface area contributed by atoms with E-state index in [-0.39, 0.29) is 12.0 Å². The van der Waals surface area contributed by atoms with Crippen LogP contribution in [0.2, 0.25) is 0 Å². The monoisotopic (exact) mass is 352 g/mol. The Kier molecular flexibility index (Phi) is 4.95. The summed E-state index contributed by atoms with van der Waals surface area (Å²) >= 11 is 0. The molecular formula is C21H24N2O3. The molecule has 1 amide bonds. The number of fused-ring (bicyclic) bond motifs is 1. The van der Waals surface area contributed by atoms with Crippen molar-refractivity contribution in [3.63, 3.8) is 0 Å². The summed E-state index contributed by atoms with van der Waals surface area (Å²) in [7, 11) is 0. The second-order valence-corrected chi connectivity index (χ2v) is 6.78. The predicted molar refractivity (Wildman–Crippen MR) is 101 cm³/mol. The number of ether oxygens (including phenoxy) is 2. The molecule has 2 heterocycles. The minimum absolute atomic E-state index is 0.0391. The van der Waals surface area contributed by atoms with Gasteiger partial charge in [-0.15, -0.1) is 0 Å². The van der Waals surface area contributed by atoms with Crippen LogP contribution in [0.15, 0.2) is 48.5 Å². The Morgan fingerprint density at radius 2 is 1.77 bits per heavy atom. The first-order chi connectivity index (χ1) is 12.8. The van der Waals surface area contributed by atoms with Crippen molar-refractivity contribution in [2.45, 2.75) is 25.4 Å². The molecule has 1 N–H and O–H groups in total. The first kappa shape index (κ1) is 16.8. The van der Waals surface area contributed by atoms with E-state index in [2.05, 4.69) is 10.2 Å². The lowest BCUT2D eigenvalue weighted by molar-refractivity contribution is 0.0813. The smallest absolute Gasteiger partial charge is 0.251 e. The first-order valence-electron chi connectivity index (χ1n) is 9.31. The highest BCUT2D eigenvalue weighted by Gasteiger charge is 2.20. The van der Waals surface area contributed by atoms with Gasteiger partial charge in [0.25, 0.3) is 5.91 Å². The highest BCUT2D eigenvalue weighted by atomic mass is 16.6. The molecule has 5 heteroatoms. The maximum absolute atomic E-state index is 12.3. The van der Waals surface area contributed by atoms with Crippen LogP contribution in [-0.4, -0.2) is 38.3 Å². The van der Waals surface area contributed by atoms with E-state index in [9.17, 15) is 4.79 Å². The van der Waals surface area contributed by atoms with E-state index in [1.54, 1.807) is 0 Å². The van der Waals surface area contributed by atoms with Crippen molar-refractivity contribution in [2.75, 3.05) is 31.1 Å². The Morgan fingerprint density at radius 3 is 2.54 bits per heavy atom. The molecule has 0 unspecified atom stereocenters. The molecule has 0 radical (unpaired) electrons. The topological polar surface area (TPSA) is 50.8 Å². The molecule has 1 atom stereocenters. The summed E-state index contributed by atoms with van der Waals surface area (Å²) in [5, 5.41) is 2.97. The van der Waals surface area contributed by atoms with E-state index < -0.39 is 0 Å². The second-order valence-electron chi connectivity index (χ2n) is 6.78. The van der Waals surface area contributed by atoms with Gasteiger partial charge in [0.2, 0.25) is 0 Å². The van der Waals surface area contributed by atoms with Crippen LogP contribution in [0.5, 0.6) is 11.5 Å². The van der Waals surface area contributed by atoms with Crippen LogP contribution in [0.25, 0.3) is 0 Å². The average Bonchev–Trinajstić information content (AvgIpc) is 3.23. The number of hydrogen-bond donors (Lipinski definition) is 1. The van der Waals surface area contributed by atoms with Crippen molar-refractivity contribution in [3.05, 3.63) is 54.1 Å². The van der Waals surface area contributed by atoms with Crippen LogP contribution in [0.1, 0.15) is 29.6 Å². The molecule has 1 fully saturated rings. The summed E-state index contributed by atoms with van der Waals surface area (Å²) in [6, 6.07) is 15.5. The molecule has 0 saturated carbocycles. The zero-order valence-electron chi connectivity index (χ0n) is 14.8. The van der Waals surface area contributed by atoms with Crippen LogP contribution in [0.3, 0.4) is 0 Å². The fourth-order valence-corrected chi connectivity index (χ4v) is 3.45. The highest BCUT2D eigenvalue weighted by Crippen LogP contribution is 2.31. The second kappa shape index (κ2) is 7.68. The van der Waals surface area contributed by atoms with Crippen molar-refractivity contribution in [3.8, 4) is 11.5 Å². The first-order valence-corrected chi connectivity index (χ1v) is 9.31. The van der Waals surface area contributed by atoms with Crippen molar-refractivity contribution >= 4 is 11.6 Å². The number of rotatable bonds is 5. The van der Waals surface area contributed by atoms with E-state index in [4.69, 9.17) is 9.47 Å². The lowest BCUT2D eigenvalue weighted by atomic mass is 10.1. The summed E-state index contributed by atoms with van der Waals surface area (Å²) in [5.74, 6) is 1.51. The molecule has 1 saturated heterocycles. The lowest BCUT2D eigenvalue weighted by Gasteiger charge is -2.26. The Morgan fingerprint density at radius 1 is 1.04 bits per heavy atom. The number of benzene rings is 2. The maximum Gasteiger partial charge on any atom is 0.251 e. The Labute approximate surface area is 153 Å². The summed E-state index contributed by atoms with van der Waals surface area (Å²) < 4.78 is 11.6. The van der Waals surface area contributed by atoms with Crippen LogP contribution >= 0.6 is 0 Å². The van der Waals surface area contributed by atoms with E-state index in [0.29, 0.717) is 25.1 Å². The third kappa shape index (κ3) is 3.77. The standard InChI is InChI=1S/C21H24N2O3/c24-21(16-7-9-17(10-8-16)23-13-3-4-14-23)22-12-11-18-15-25-19-5-1-2-6-20(19)26-18/h1-2,5-10,18H,3-4,11-15H2,(H,22,24)/t18-/m1/s1. The Bertz CT molecular complexity index is 754. The largest absolute Gasteiger partial charge is 0.486 e. The third-order valence-electron chi connectivity index (χ3n) is 4.92. The zero-order valence-corrected chi connectivity index (χ0v) is 14.8. The molecule has 0 aromatic heterocycles. The van der Waals surface area contributed by atoms with Gasteiger partial charge in [0, 0.05) is 37.3 Å². The van der Waals surface area contributed by atoms with E-state index in [1.165, 1.54) is 18.5 Å². The lowest BCUT2D eigenvalue weighted by Crippen LogP contribution is -2.34. The molecule has 5 nitrogen and oxygen atoms in total. The van der Waals surface area contributed by atoms with Crippen molar-refractivity contribution < 1.29 is 14.3 Å². The number of hydrogen-bond acceptors (Lipinski definition) is 4. The molecule has 0 spiro atoms. The van der Waals surface area contributed by atoms with Gasteiger partial charge in [0.05, 0.1) is 0 Å². The molecule has 2 aromatic rings. The number of carbonyl (C=O) groups excluding carboxylic acids is 1. The number of nitrogens with one attached hydrogen (secondary N) is 1. The van der Waals surface area contributed by atoms with E-state index in [0.717, 1.165) is 24.6 Å². The van der Waals surface area contributed by atoms with Crippen molar-refractivity contribution in [1.29, 1.82) is 0 Å². The molecular weight excluding hydrogens is 328 g/mol. The third-order valence-corrected chi connectivity index (χ3v) is 4.92. The van der Waals surface area contributed by atoms with E-state index in [1.807, 2.05) is 48.5 Å². The summed E-state index contributed by atoms with van der Waals surface area (Å²) in [6.07, 6.45) is 3.17. The molecule has 4 rings (SSSR count). The number of anilines is 1. The van der Waals surface area contributed by atoms with Gasteiger partial charge in [-0.25, -0.2) is 0 Å². The zero-order chi connectivity index (χ0) is 17.8. The average molecular weight is 352 g/mol. The SMILES string of the molecule is O=C(NCC[C@@H]1COc2ccccc2O1)c1ccc(N2CCCC2)cc1. The van der Waals surface area contributed by atoms with Crippen molar-refractivity contribution in [2.24, 2.45) is 0 Å². The van der Waals surface area contributed by atoms with Gasteiger partial charge >= 0.3 is 0 Å². The minimum Gasteiger partial charge on any atom is -0.486 e. The van der Waals surface area contributed by atoms with E-state index >= 15 is 0 Å². The summed E-state index contributed by atoms with van der Waals surface area (Å²) in [4.78, 5) is 14.7. The summed E-state index contributed by atoms with van der Waals surface area (Å²) in [5.41, 5.74) is 1.89. The Hall–Kier alpha value is -2.69. The number of para-hydroxylation sites is 2. The van der Waals surface area contributed by atoms with Crippen LogP contribution in [0, 0.1) is 0 Å². The van der Waals surface area contributed by atoms with Gasteiger partial charge in [-0.1, -0.05) is 12.1 Å². The van der Waals surface area contributed by atoms with Gasteiger partial charge in [0.1, 0.15) is 12.7 Å². The summed E-state index contributed by atoms with van der Waals surface area (Å²) in [6.45, 7) is 3.29. The minimum atomic E-state index is -0.0462. The Balaban J connectivity index is 1.25. The van der Waals surface area contributed by atoms with Gasteiger partial charge in [-0.2, -0.15) is 0 Å². The predicted octanol–water partition coefficient (Wildman–Crippen LogP) is 3.25. The van der Waals surface area contributed by atoms with Gasteiger partial charge in [0.15, 0.2) is 11.5 Å². The molecule has 2 aromatic carbocycles. The quantitative estimate of drug-likeness (QED) is 0.897. The van der Waals surface area contributed by atoms with Gasteiger partial charge < -0.3 is 19.7 Å². The number of carbonyl (C=O) groups is 1.